The third-order valence-corrected chi connectivity index (χ3v) is 4.33. The molecule has 0 bridgehead atoms. The first-order valence-electron chi connectivity index (χ1n) is 8.71. The number of aryl methyl sites for hydroxylation is 1. The SMILES string of the molecule is Cc1c(OCC(C)N)cn2ncnc(Oc3ccc4c(c3F)=CC(C)N=4)c12. The molecule has 0 radical (unpaired) electrons. The minimum Gasteiger partial charge on any atom is -0.490 e. The molecule has 2 N–H and O–H groups in total. The molecule has 2 aromatic heterocycles. The van der Waals surface area contributed by atoms with Crippen LogP contribution >= 0.6 is 0 Å². The third kappa shape index (κ3) is 3.12. The van der Waals surface area contributed by atoms with E-state index in [0.29, 0.717) is 28.4 Å². The van der Waals surface area contributed by atoms with Crippen LogP contribution in [0.2, 0.25) is 0 Å². The van der Waals surface area contributed by atoms with E-state index in [2.05, 4.69) is 15.1 Å². The fourth-order valence-electron chi connectivity index (χ4n) is 3.06. The number of hydrogen-bond acceptors (Lipinski definition) is 6. The molecule has 0 spiro atoms. The summed E-state index contributed by atoms with van der Waals surface area (Å²) in [7, 11) is 0. The zero-order valence-corrected chi connectivity index (χ0v) is 15.3. The molecule has 0 aliphatic carbocycles. The van der Waals surface area contributed by atoms with Crippen molar-refractivity contribution in [2.45, 2.75) is 32.9 Å². The molecule has 1 aliphatic heterocycles. The highest BCUT2D eigenvalue weighted by Gasteiger charge is 2.18. The molecule has 3 aromatic rings. The Kier molecular flexibility index (Phi) is 4.27. The van der Waals surface area contributed by atoms with Crippen molar-refractivity contribution in [1.29, 1.82) is 0 Å². The van der Waals surface area contributed by atoms with Crippen LogP contribution in [0.15, 0.2) is 29.6 Å². The monoisotopic (exact) mass is 369 g/mol. The summed E-state index contributed by atoms with van der Waals surface area (Å²) >= 11 is 0. The van der Waals surface area contributed by atoms with Gasteiger partial charge < -0.3 is 15.2 Å². The first-order valence-corrected chi connectivity index (χ1v) is 8.71. The molecule has 2 atom stereocenters. The molecule has 0 fully saturated rings. The second-order valence-electron chi connectivity index (χ2n) is 6.71. The van der Waals surface area contributed by atoms with Crippen LogP contribution < -0.4 is 25.8 Å². The maximum atomic E-state index is 14.8. The summed E-state index contributed by atoms with van der Waals surface area (Å²) in [6.45, 7) is 6.01. The molecule has 0 saturated carbocycles. The Morgan fingerprint density at radius 1 is 1.33 bits per heavy atom. The molecule has 3 heterocycles. The van der Waals surface area contributed by atoms with Crippen molar-refractivity contribution in [3.63, 3.8) is 0 Å². The first kappa shape index (κ1) is 17.4. The van der Waals surface area contributed by atoms with Gasteiger partial charge in [-0.3, -0.25) is 4.99 Å². The van der Waals surface area contributed by atoms with Crippen LogP contribution in [-0.4, -0.2) is 33.3 Å². The van der Waals surface area contributed by atoms with E-state index in [-0.39, 0.29) is 23.7 Å². The molecule has 1 aromatic carbocycles. The van der Waals surface area contributed by atoms with Gasteiger partial charge in [0.2, 0.25) is 5.88 Å². The minimum atomic E-state index is -0.449. The Hall–Kier alpha value is -3.00. The second kappa shape index (κ2) is 6.62. The predicted molar refractivity (Wildman–Crippen MR) is 98.1 cm³/mol. The average molecular weight is 369 g/mol. The lowest BCUT2D eigenvalue weighted by Crippen LogP contribution is -2.25. The fraction of sp³-hybridized carbons (Fsp3) is 0.316. The molecule has 0 saturated heterocycles. The Bertz CT molecular complexity index is 1140. The van der Waals surface area contributed by atoms with E-state index in [4.69, 9.17) is 15.2 Å². The van der Waals surface area contributed by atoms with E-state index in [0.717, 1.165) is 5.56 Å². The van der Waals surface area contributed by atoms with Crippen molar-refractivity contribution in [2.24, 2.45) is 10.7 Å². The largest absolute Gasteiger partial charge is 0.490 e. The Balaban J connectivity index is 1.75. The van der Waals surface area contributed by atoms with E-state index in [1.165, 1.54) is 6.33 Å². The number of nitrogens with two attached hydrogens (primary N) is 1. The van der Waals surface area contributed by atoms with E-state index in [9.17, 15) is 4.39 Å². The lowest BCUT2D eigenvalue weighted by molar-refractivity contribution is 0.294. The summed E-state index contributed by atoms with van der Waals surface area (Å²) in [6.07, 6.45) is 4.86. The molecule has 1 aliphatic rings. The number of hydrogen-bond donors (Lipinski definition) is 1. The van der Waals surface area contributed by atoms with Crippen LogP contribution in [0.5, 0.6) is 17.4 Å². The van der Waals surface area contributed by atoms with Gasteiger partial charge >= 0.3 is 0 Å². The van der Waals surface area contributed by atoms with E-state index in [1.807, 2.05) is 20.8 Å². The van der Waals surface area contributed by atoms with Gasteiger partial charge in [0.15, 0.2) is 11.6 Å². The summed E-state index contributed by atoms with van der Waals surface area (Å²) in [5.74, 6) is 0.525. The zero-order chi connectivity index (χ0) is 19.1. The maximum absolute atomic E-state index is 14.8. The van der Waals surface area contributed by atoms with Gasteiger partial charge in [-0.25, -0.2) is 8.91 Å². The van der Waals surface area contributed by atoms with Crippen LogP contribution in [0.1, 0.15) is 19.4 Å². The second-order valence-corrected chi connectivity index (χ2v) is 6.71. The van der Waals surface area contributed by atoms with Crippen molar-refractivity contribution < 1.29 is 13.9 Å². The van der Waals surface area contributed by atoms with E-state index < -0.39 is 5.82 Å². The van der Waals surface area contributed by atoms with Crippen molar-refractivity contribution in [3.05, 3.63) is 46.6 Å². The number of halogens is 1. The highest BCUT2D eigenvalue weighted by atomic mass is 19.1. The van der Waals surface area contributed by atoms with Gasteiger partial charge in [0, 0.05) is 16.8 Å². The van der Waals surface area contributed by atoms with Crippen molar-refractivity contribution in [3.8, 4) is 17.4 Å². The number of rotatable bonds is 5. The van der Waals surface area contributed by atoms with Crippen LogP contribution in [0.25, 0.3) is 11.6 Å². The summed E-state index contributed by atoms with van der Waals surface area (Å²) in [4.78, 5) is 8.54. The summed E-state index contributed by atoms with van der Waals surface area (Å²) in [5.41, 5.74) is 7.16. The summed E-state index contributed by atoms with van der Waals surface area (Å²) < 4.78 is 28.0. The van der Waals surface area contributed by atoms with Crippen molar-refractivity contribution >= 4 is 11.6 Å². The molecule has 27 heavy (non-hydrogen) atoms. The van der Waals surface area contributed by atoms with Gasteiger partial charge in [0.05, 0.1) is 17.6 Å². The van der Waals surface area contributed by atoms with Gasteiger partial charge in [-0.1, -0.05) is 0 Å². The van der Waals surface area contributed by atoms with Gasteiger partial charge in [-0.2, -0.15) is 10.1 Å². The zero-order valence-electron chi connectivity index (χ0n) is 15.3. The first-order chi connectivity index (χ1) is 12.9. The Labute approximate surface area is 155 Å². The van der Waals surface area contributed by atoms with Gasteiger partial charge in [0.25, 0.3) is 0 Å². The van der Waals surface area contributed by atoms with Crippen molar-refractivity contribution in [1.82, 2.24) is 14.6 Å². The van der Waals surface area contributed by atoms with Crippen LogP contribution in [-0.2, 0) is 0 Å². The molecule has 8 heteroatoms. The number of benzene rings is 1. The van der Waals surface area contributed by atoms with Crippen molar-refractivity contribution in [2.75, 3.05) is 6.61 Å². The lowest BCUT2D eigenvalue weighted by atomic mass is 10.2. The molecule has 140 valence electrons. The number of fused-ring (bicyclic) bond motifs is 2. The van der Waals surface area contributed by atoms with Gasteiger partial charge in [-0.05, 0) is 39.0 Å². The van der Waals surface area contributed by atoms with Crippen LogP contribution in [0.4, 0.5) is 4.39 Å². The third-order valence-electron chi connectivity index (χ3n) is 4.33. The normalized spacial score (nSPS) is 16.6. The number of ether oxygens (including phenoxy) is 2. The molecule has 2 unspecified atom stereocenters. The average Bonchev–Trinajstić information content (AvgIpc) is 3.16. The Morgan fingerprint density at radius 3 is 2.93 bits per heavy atom. The lowest BCUT2D eigenvalue weighted by Gasteiger charge is -2.08. The number of nitrogens with zero attached hydrogens (tertiary/aromatic N) is 4. The molecule has 4 rings (SSSR count). The summed E-state index contributed by atoms with van der Waals surface area (Å²) in [6, 6.07) is 3.16. The standard InChI is InChI=1S/C19H20FN5O2/c1-10(21)8-26-16-7-25-18(12(16)3)19(22-9-23-25)27-15-5-4-14-13(17(15)20)6-11(2)24-14/h4-7,9-11H,8,21H2,1-3H3. The molecular weight excluding hydrogens is 349 g/mol. The minimum absolute atomic E-state index is 0.0481. The fourth-order valence-corrected chi connectivity index (χ4v) is 3.06. The summed E-state index contributed by atoms with van der Waals surface area (Å²) in [5, 5.41) is 5.27. The highest BCUT2D eigenvalue weighted by molar-refractivity contribution is 5.67. The highest BCUT2D eigenvalue weighted by Crippen LogP contribution is 2.32. The predicted octanol–water partition coefficient (Wildman–Crippen LogP) is 1.50. The van der Waals surface area contributed by atoms with Gasteiger partial charge in [0.1, 0.15) is 24.2 Å². The van der Waals surface area contributed by atoms with Crippen LogP contribution in [0, 0.1) is 12.7 Å². The molecule has 7 nitrogen and oxygen atoms in total. The van der Waals surface area contributed by atoms with Gasteiger partial charge in [-0.15, -0.1) is 0 Å². The molecule has 0 amide bonds. The van der Waals surface area contributed by atoms with E-state index >= 15 is 0 Å². The molecular formula is C19H20FN5O2. The smallest absolute Gasteiger partial charge is 0.247 e. The maximum Gasteiger partial charge on any atom is 0.247 e. The quantitative estimate of drug-likeness (QED) is 0.736. The van der Waals surface area contributed by atoms with Crippen LogP contribution in [0.3, 0.4) is 0 Å². The Morgan fingerprint density at radius 2 is 2.15 bits per heavy atom. The number of aromatic nitrogens is 3. The topological polar surface area (TPSA) is 87.0 Å². The van der Waals surface area contributed by atoms with E-state index in [1.54, 1.807) is 28.9 Å².